The van der Waals surface area contributed by atoms with Crippen molar-refractivity contribution in [3.8, 4) is 5.75 Å². The van der Waals surface area contributed by atoms with Gasteiger partial charge in [0.1, 0.15) is 11.6 Å². The standard InChI is InChI=1S/C35H32FN3O2S/c1-23-8-9-24(2)27(18-23)20-38-21-34(30-6-4-5-7-32(30)38)42-22-35(40)39-33(26-10-14-28(36)15-11-26)19-31(37-39)25-12-16-29(41-3)17-13-25/h4-18,21,33H,19-20,22H2,1-3H3. The molecule has 1 unspecified atom stereocenters. The van der Waals surface area contributed by atoms with Crippen LogP contribution in [0.4, 0.5) is 4.39 Å². The Morgan fingerprint density at radius 3 is 2.52 bits per heavy atom. The number of para-hydroxylation sites is 1. The van der Waals surface area contributed by atoms with Gasteiger partial charge in [-0.1, -0.05) is 54.1 Å². The molecule has 0 N–H and O–H groups in total. The van der Waals surface area contributed by atoms with Gasteiger partial charge in [-0.3, -0.25) is 4.79 Å². The number of ether oxygens (including phenoxy) is 1. The Balaban J connectivity index is 1.26. The van der Waals surface area contributed by atoms with Gasteiger partial charge in [0.05, 0.1) is 24.6 Å². The number of hydrazone groups is 1. The molecular weight excluding hydrogens is 545 g/mol. The lowest BCUT2D eigenvalue weighted by molar-refractivity contribution is -0.130. The van der Waals surface area contributed by atoms with E-state index >= 15 is 0 Å². The molecule has 5 aromatic rings. The molecule has 0 fully saturated rings. The Kier molecular flexibility index (Phi) is 7.85. The molecule has 42 heavy (non-hydrogen) atoms. The summed E-state index contributed by atoms with van der Waals surface area (Å²) in [6.07, 6.45) is 2.70. The monoisotopic (exact) mass is 577 g/mol. The Labute approximate surface area is 249 Å². The third-order valence-electron chi connectivity index (χ3n) is 7.79. The number of benzene rings is 4. The van der Waals surface area contributed by atoms with Crippen LogP contribution in [0.5, 0.6) is 5.75 Å². The van der Waals surface area contributed by atoms with Crippen LogP contribution in [0.25, 0.3) is 10.9 Å². The van der Waals surface area contributed by atoms with E-state index in [9.17, 15) is 9.18 Å². The zero-order valence-electron chi connectivity index (χ0n) is 23.9. The molecule has 7 heteroatoms. The highest BCUT2D eigenvalue weighted by Crippen LogP contribution is 2.36. The number of amides is 1. The molecule has 0 bridgehead atoms. The Bertz CT molecular complexity index is 1780. The minimum Gasteiger partial charge on any atom is -0.497 e. The average Bonchev–Trinajstić information content (AvgIpc) is 3.61. The van der Waals surface area contributed by atoms with Crippen molar-refractivity contribution in [3.05, 3.63) is 131 Å². The normalized spacial score (nSPS) is 14.8. The SMILES string of the molecule is COc1ccc(C2=NN(C(=O)CSc3cn(Cc4cc(C)ccc4C)c4ccccc34)C(c3ccc(F)cc3)C2)cc1. The van der Waals surface area contributed by atoms with E-state index in [4.69, 9.17) is 9.84 Å². The Morgan fingerprint density at radius 2 is 1.76 bits per heavy atom. The lowest BCUT2D eigenvalue weighted by Gasteiger charge is -2.22. The number of nitrogens with zero attached hydrogens (tertiary/aromatic N) is 3. The average molecular weight is 578 g/mol. The highest BCUT2D eigenvalue weighted by Gasteiger charge is 2.33. The van der Waals surface area contributed by atoms with E-state index in [2.05, 4.69) is 61.0 Å². The molecule has 1 aromatic heterocycles. The fraction of sp³-hybridized carbons (Fsp3) is 0.200. The predicted octanol–water partition coefficient (Wildman–Crippen LogP) is 7.92. The van der Waals surface area contributed by atoms with Crippen molar-refractivity contribution in [2.45, 2.75) is 37.8 Å². The first kappa shape index (κ1) is 27.8. The minimum absolute atomic E-state index is 0.0933. The smallest absolute Gasteiger partial charge is 0.253 e. The summed E-state index contributed by atoms with van der Waals surface area (Å²) in [5, 5.41) is 7.50. The van der Waals surface area contributed by atoms with Gasteiger partial charge in [-0.2, -0.15) is 5.10 Å². The summed E-state index contributed by atoms with van der Waals surface area (Å²) in [4.78, 5) is 14.8. The van der Waals surface area contributed by atoms with E-state index in [1.165, 1.54) is 40.6 Å². The van der Waals surface area contributed by atoms with Crippen LogP contribution in [0, 0.1) is 19.7 Å². The molecule has 1 atom stereocenters. The Hall–Kier alpha value is -4.36. The van der Waals surface area contributed by atoms with E-state index < -0.39 is 0 Å². The molecule has 5 nitrogen and oxygen atoms in total. The number of methoxy groups -OCH3 is 1. The largest absolute Gasteiger partial charge is 0.497 e. The topological polar surface area (TPSA) is 46.8 Å². The molecule has 1 amide bonds. The molecule has 0 saturated carbocycles. The number of hydrogen-bond acceptors (Lipinski definition) is 4. The second-order valence-corrected chi connectivity index (χ2v) is 11.7. The zero-order valence-corrected chi connectivity index (χ0v) is 24.7. The van der Waals surface area contributed by atoms with Crippen LogP contribution in [0.3, 0.4) is 0 Å². The van der Waals surface area contributed by atoms with Crippen LogP contribution in [0.2, 0.25) is 0 Å². The molecule has 0 spiro atoms. The van der Waals surface area contributed by atoms with Gasteiger partial charge in [-0.15, -0.1) is 11.8 Å². The van der Waals surface area contributed by atoms with Crippen molar-refractivity contribution >= 4 is 34.3 Å². The molecule has 0 saturated heterocycles. The van der Waals surface area contributed by atoms with Crippen molar-refractivity contribution in [2.75, 3.05) is 12.9 Å². The Morgan fingerprint density at radius 1 is 1.00 bits per heavy atom. The number of rotatable bonds is 8. The van der Waals surface area contributed by atoms with Gasteiger partial charge in [0, 0.05) is 35.0 Å². The van der Waals surface area contributed by atoms with Gasteiger partial charge in [-0.05, 0) is 78.6 Å². The zero-order chi connectivity index (χ0) is 29.2. The van der Waals surface area contributed by atoms with Crippen LogP contribution in [-0.4, -0.2) is 34.1 Å². The van der Waals surface area contributed by atoms with Gasteiger partial charge in [0.25, 0.3) is 5.91 Å². The van der Waals surface area contributed by atoms with Crippen LogP contribution < -0.4 is 4.74 Å². The third-order valence-corrected chi connectivity index (χ3v) is 8.82. The maximum Gasteiger partial charge on any atom is 0.253 e. The number of halogens is 1. The number of aryl methyl sites for hydroxylation is 2. The van der Waals surface area contributed by atoms with Gasteiger partial charge in [-0.25, -0.2) is 9.40 Å². The van der Waals surface area contributed by atoms with E-state index in [0.717, 1.165) is 44.9 Å². The summed E-state index contributed by atoms with van der Waals surface area (Å²) in [5.41, 5.74) is 7.52. The first-order valence-corrected chi connectivity index (χ1v) is 14.9. The van der Waals surface area contributed by atoms with Gasteiger partial charge >= 0.3 is 0 Å². The summed E-state index contributed by atoms with van der Waals surface area (Å²) in [5.74, 6) is 0.589. The predicted molar refractivity (Wildman–Crippen MR) is 168 cm³/mol. The fourth-order valence-corrected chi connectivity index (χ4v) is 6.40. The first-order chi connectivity index (χ1) is 20.4. The van der Waals surface area contributed by atoms with E-state index in [1.54, 1.807) is 24.3 Å². The number of carbonyl (C=O) groups excluding carboxylic acids is 1. The summed E-state index contributed by atoms with van der Waals surface area (Å²) >= 11 is 1.53. The van der Waals surface area contributed by atoms with Crippen molar-refractivity contribution in [3.63, 3.8) is 0 Å². The molecule has 1 aliphatic heterocycles. The van der Waals surface area contributed by atoms with Crippen molar-refractivity contribution in [1.82, 2.24) is 9.58 Å². The second kappa shape index (κ2) is 11.9. The number of fused-ring (bicyclic) bond motifs is 1. The molecule has 0 radical (unpaired) electrons. The second-order valence-electron chi connectivity index (χ2n) is 10.6. The summed E-state index contributed by atoms with van der Waals surface area (Å²) in [7, 11) is 1.63. The van der Waals surface area contributed by atoms with Crippen LogP contribution in [0.15, 0.2) is 107 Å². The molecule has 6 rings (SSSR count). The summed E-state index contributed by atoms with van der Waals surface area (Å²) < 4.78 is 21.3. The maximum absolute atomic E-state index is 13.8. The highest BCUT2D eigenvalue weighted by molar-refractivity contribution is 8.00. The van der Waals surface area contributed by atoms with Crippen molar-refractivity contribution in [1.29, 1.82) is 0 Å². The first-order valence-electron chi connectivity index (χ1n) is 14.0. The van der Waals surface area contributed by atoms with Crippen LogP contribution in [-0.2, 0) is 11.3 Å². The molecule has 1 aliphatic rings. The fourth-order valence-electron chi connectivity index (χ4n) is 5.46. The summed E-state index contributed by atoms with van der Waals surface area (Å²) in [6, 6.07) is 28.6. The number of thioether (sulfide) groups is 1. The molecule has 212 valence electrons. The number of aromatic nitrogens is 1. The van der Waals surface area contributed by atoms with Crippen molar-refractivity contribution < 1.29 is 13.9 Å². The molecule has 4 aromatic carbocycles. The lowest BCUT2D eigenvalue weighted by Crippen LogP contribution is -2.28. The lowest BCUT2D eigenvalue weighted by atomic mass is 9.98. The summed E-state index contributed by atoms with van der Waals surface area (Å²) in [6.45, 7) is 5.02. The van der Waals surface area contributed by atoms with Crippen molar-refractivity contribution in [2.24, 2.45) is 5.10 Å². The van der Waals surface area contributed by atoms with Gasteiger partial charge < -0.3 is 9.30 Å². The molecule has 2 heterocycles. The van der Waals surface area contributed by atoms with Crippen LogP contribution in [0.1, 0.15) is 40.3 Å². The minimum atomic E-state index is -0.307. The molecular formula is C35H32FN3O2S. The van der Waals surface area contributed by atoms with Gasteiger partial charge in [0.2, 0.25) is 0 Å². The molecule has 0 aliphatic carbocycles. The van der Waals surface area contributed by atoms with Crippen LogP contribution >= 0.6 is 11.8 Å². The van der Waals surface area contributed by atoms with E-state index in [1.807, 2.05) is 30.3 Å². The number of carbonyl (C=O) groups is 1. The van der Waals surface area contributed by atoms with E-state index in [-0.39, 0.29) is 23.5 Å². The van der Waals surface area contributed by atoms with Gasteiger partial charge in [0.15, 0.2) is 0 Å². The third kappa shape index (κ3) is 5.70. The maximum atomic E-state index is 13.8. The van der Waals surface area contributed by atoms with E-state index in [0.29, 0.717) is 6.42 Å². The highest BCUT2D eigenvalue weighted by atomic mass is 32.2. The quantitative estimate of drug-likeness (QED) is 0.176. The number of hydrogen-bond donors (Lipinski definition) is 0.